The van der Waals surface area contributed by atoms with E-state index in [2.05, 4.69) is 5.32 Å². The number of ketones is 1. The fourth-order valence-electron chi connectivity index (χ4n) is 2.83. The van der Waals surface area contributed by atoms with Gasteiger partial charge >= 0.3 is 0 Å². The van der Waals surface area contributed by atoms with Gasteiger partial charge in [0.2, 0.25) is 5.91 Å². The van der Waals surface area contributed by atoms with Gasteiger partial charge in [-0.25, -0.2) is 0 Å². The molecule has 6 atom stereocenters. The van der Waals surface area contributed by atoms with Crippen LogP contribution in [0.1, 0.15) is 25.7 Å². The second kappa shape index (κ2) is 6.80. The predicted molar refractivity (Wildman–Crippen MR) is 68.9 cm³/mol. The predicted octanol–water partition coefficient (Wildman–Crippen LogP) is -2.34. The lowest BCUT2D eigenvalue weighted by Gasteiger charge is -2.40. The smallest absolute Gasteiger partial charge is 0.220 e. The summed E-state index contributed by atoms with van der Waals surface area (Å²) in [4.78, 5) is 23.0. The molecule has 2 fully saturated rings. The van der Waals surface area contributed by atoms with Crippen LogP contribution in [0.25, 0.3) is 0 Å². The highest BCUT2D eigenvalue weighted by Gasteiger charge is 2.44. The Morgan fingerprint density at radius 2 is 2.00 bits per heavy atom. The van der Waals surface area contributed by atoms with Crippen LogP contribution in [0, 0.1) is 5.92 Å². The number of carbonyl (C=O) groups excluding carboxylic acids is 2. The van der Waals surface area contributed by atoms with Gasteiger partial charge in [0.15, 0.2) is 6.29 Å². The lowest BCUT2D eigenvalue weighted by Crippen LogP contribution is -2.64. The molecule has 1 saturated carbocycles. The number of amides is 1. The lowest BCUT2D eigenvalue weighted by molar-refractivity contribution is -0.253. The maximum Gasteiger partial charge on any atom is 0.220 e. The molecule has 1 aliphatic carbocycles. The van der Waals surface area contributed by atoms with E-state index < -0.39 is 43.2 Å². The number of Topliss-reactive ketones (excluding diaryl/α,β-unsaturated/α-hetero) is 1. The van der Waals surface area contributed by atoms with Crippen molar-refractivity contribution in [3.63, 3.8) is 0 Å². The van der Waals surface area contributed by atoms with Gasteiger partial charge in [0.05, 0.1) is 6.61 Å². The van der Waals surface area contributed by atoms with Gasteiger partial charge in [-0.15, -0.1) is 0 Å². The zero-order valence-corrected chi connectivity index (χ0v) is 11.5. The van der Waals surface area contributed by atoms with Crippen molar-refractivity contribution in [3.05, 3.63) is 0 Å². The molecule has 1 amide bonds. The zero-order chi connectivity index (χ0) is 15.6. The van der Waals surface area contributed by atoms with E-state index in [4.69, 9.17) is 9.84 Å². The Morgan fingerprint density at radius 1 is 1.29 bits per heavy atom. The van der Waals surface area contributed by atoms with Gasteiger partial charge in [0.25, 0.3) is 0 Å². The maximum absolute atomic E-state index is 11.9. The van der Waals surface area contributed by atoms with Gasteiger partial charge in [-0.1, -0.05) is 0 Å². The molecule has 0 aromatic heterocycles. The minimum absolute atomic E-state index is 0.0218. The molecular weight excluding hydrogens is 282 g/mol. The van der Waals surface area contributed by atoms with Crippen LogP contribution in [0.4, 0.5) is 0 Å². The van der Waals surface area contributed by atoms with Crippen LogP contribution in [-0.4, -0.2) is 69.4 Å². The number of rotatable bonds is 4. The summed E-state index contributed by atoms with van der Waals surface area (Å²) in [6.07, 6.45) is -3.83. The number of aliphatic hydroxyl groups excluding tert-OH is 4. The van der Waals surface area contributed by atoms with Crippen molar-refractivity contribution < 1.29 is 34.8 Å². The summed E-state index contributed by atoms with van der Waals surface area (Å²) < 4.78 is 4.95. The highest BCUT2D eigenvalue weighted by molar-refractivity contribution is 5.83. The highest BCUT2D eigenvalue weighted by atomic mass is 16.6. The molecule has 0 aromatic carbocycles. The molecule has 2 aliphatic rings. The van der Waals surface area contributed by atoms with E-state index >= 15 is 0 Å². The minimum Gasteiger partial charge on any atom is -0.394 e. The number of nitrogens with one attached hydrogen (secondary N) is 1. The molecule has 0 radical (unpaired) electrons. The summed E-state index contributed by atoms with van der Waals surface area (Å²) >= 11 is 0. The molecule has 8 nitrogen and oxygen atoms in total. The van der Waals surface area contributed by atoms with Crippen molar-refractivity contribution in [2.75, 3.05) is 6.61 Å². The second-order valence-electron chi connectivity index (χ2n) is 5.67. The number of hydrogen-bond acceptors (Lipinski definition) is 7. The van der Waals surface area contributed by atoms with Gasteiger partial charge in [-0.05, 0) is 12.3 Å². The Hall–Kier alpha value is -1.06. The molecular formula is C13H21NO7. The van der Waals surface area contributed by atoms with Crippen LogP contribution in [0.15, 0.2) is 0 Å². The van der Waals surface area contributed by atoms with Gasteiger partial charge in [0, 0.05) is 19.3 Å². The Labute approximate surface area is 121 Å². The lowest BCUT2D eigenvalue weighted by atomic mass is 9.96. The highest BCUT2D eigenvalue weighted by Crippen LogP contribution is 2.25. The van der Waals surface area contributed by atoms with Crippen LogP contribution in [0.5, 0.6) is 0 Å². The number of carbonyl (C=O) groups is 2. The van der Waals surface area contributed by atoms with E-state index in [0.717, 1.165) is 0 Å². The van der Waals surface area contributed by atoms with Crippen molar-refractivity contribution in [3.8, 4) is 0 Å². The van der Waals surface area contributed by atoms with Crippen molar-refractivity contribution in [1.29, 1.82) is 0 Å². The Balaban J connectivity index is 1.89. The van der Waals surface area contributed by atoms with Crippen LogP contribution < -0.4 is 5.32 Å². The van der Waals surface area contributed by atoms with E-state index in [1.807, 2.05) is 0 Å². The summed E-state index contributed by atoms with van der Waals surface area (Å²) in [5.74, 6) is -0.308. The summed E-state index contributed by atoms with van der Waals surface area (Å²) in [5, 5.41) is 40.7. The van der Waals surface area contributed by atoms with Gasteiger partial charge in [-0.3, -0.25) is 9.59 Å². The first kappa shape index (κ1) is 16.3. The van der Waals surface area contributed by atoms with E-state index in [1.165, 1.54) is 0 Å². The average Bonchev–Trinajstić information content (AvgIpc) is 2.84. The number of aliphatic hydroxyl groups is 4. The van der Waals surface area contributed by atoms with Crippen molar-refractivity contribution in [1.82, 2.24) is 5.32 Å². The fourth-order valence-corrected chi connectivity index (χ4v) is 2.83. The van der Waals surface area contributed by atoms with Crippen molar-refractivity contribution in [2.45, 2.75) is 56.3 Å². The molecule has 0 bridgehead atoms. The number of hydrogen-bond donors (Lipinski definition) is 5. The van der Waals surface area contributed by atoms with Crippen molar-refractivity contribution >= 4 is 11.7 Å². The standard InChI is InChI=1S/C13H21NO7/c15-5-8-11(18)12(19)10(13(20)21-8)14-9(17)4-6-1-2-7(16)3-6/h6,8,10-13,15,18-20H,1-5H2,(H,14,17). The largest absolute Gasteiger partial charge is 0.394 e. The van der Waals surface area contributed by atoms with Crippen molar-refractivity contribution in [2.24, 2.45) is 5.92 Å². The van der Waals surface area contributed by atoms with Crippen LogP contribution in [-0.2, 0) is 14.3 Å². The van der Waals surface area contributed by atoms with Gasteiger partial charge < -0.3 is 30.5 Å². The summed E-state index contributed by atoms with van der Waals surface area (Å²) in [7, 11) is 0. The van der Waals surface area contributed by atoms with E-state index in [0.29, 0.717) is 19.3 Å². The maximum atomic E-state index is 11.9. The molecule has 120 valence electrons. The molecule has 1 saturated heterocycles. The fraction of sp³-hybridized carbons (Fsp3) is 0.846. The van der Waals surface area contributed by atoms with Gasteiger partial charge in [0.1, 0.15) is 30.1 Å². The first-order chi connectivity index (χ1) is 9.92. The average molecular weight is 303 g/mol. The zero-order valence-electron chi connectivity index (χ0n) is 11.5. The van der Waals surface area contributed by atoms with E-state index in [1.54, 1.807) is 0 Å². The molecule has 1 aliphatic heterocycles. The Bertz CT molecular complexity index is 402. The molecule has 21 heavy (non-hydrogen) atoms. The molecule has 6 unspecified atom stereocenters. The summed E-state index contributed by atoms with van der Waals surface area (Å²) in [6, 6.07) is -1.17. The third-order valence-corrected chi connectivity index (χ3v) is 4.05. The third kappa shape index (κ3) is 3.78. The van der Waals surface area contributed by atoms with Crippen LogP contribution in [0.3, 0.4) is 0 Å². The SMILES string of the molecule is O=C1CCC(CC(=O)NC2C(O)OC(CO)C(O)C2O)C1. The quantitative estimate of drug-likeness (QED) is 0.392. The summed E-state index contributed by atoms with van der Waals surface area (Å²) in [5.41, 5.74) is 0. The third-order valence-electron chi connectivity index (χ3n) is 4.05. The topological polar surface area (TPSA) is 136 Å². The van der Waals surface area contributed by atoms with E-state index in [9.17, 15) is 24.9 Å². The Morgan fingerprint density at radius 3 is 2.57 bits per heavy atom. The first-order valence-electron chi connectivity index (χ1n) is 7.04. The molecule has 5 N–H and O–H groups in total. The number of ether oxygens (including phenoxy) is 1. The molecule has 8 heteroatoms. The molecule has 1 heterocycles. The van der Waals surface area contributed by atoms with Crippen LogP contribution in [0.2, 0.25) is 0 Å². The minimum atomic E-state index is -1.52. The first-order valence-corrected chi connectivity index (χ1v) is 7.04. The molecule has 0 aromatic rings. The van der Waals surface area contributed by atoms with Gasteiger partial charge in [-0.2, -0.15) is 0 Å². The molecule has 2 rings (SSSR count). The van der Waals surface area contributed by atoms with E-state index in [-0.39, 0.29) is 18.1 Å². The second-order valence-corrected chi connectivity index (χ2v) is 5.67. The monoisotopic (exact) mass is 303 g/mol. The summed E-state index contributed by atoms with van der Waals surface area (Å²) in [6.45, 7) is -0.555. The molecule has 0 spiro atoms. The normalized spacial score (nSPS) is 40.3. The Kier molecular flexibility index (Phi) is 5.28. The van der Waals surface area contributed by atoms with Crippen LogP contribution >= 0.6 is 0 Å².